The molecular formula is C14H15FN2. The van der Waals surface area contributed by atoms with Gasteiger partial charge in [0.15, 0.2) is 5.82 Å². The molecule has 2 aromatic rings. The molecule has 0 bridgehead atoms. The van der Waals surface area contributed by atoms with Crippen LogP contribution in [0.2, 0.25) is 0 Å². The van der Waals surface area contributed by atoms with Crippen LogP contribution < -0.4 is 0 Å². The van der Waals surface area contributed by atoms with Gasteiger partial charge >= 0.3 is 0 Å². The van der Waals surface area contributed by atoms with Gasteiger partial charge in [0.25, 0.3) is 0 Å². The lowest BCUT2D eigenvalue weighted by Crippen LogP contribution is -2.21. The Kier molecular flexibility index (Phi) is 3.18. The van der Waals surface area contributed by atoms with Gasteiger partial charge in [-0.1, -0.05) is 44.2 Å². The molecule has 0 aliphatic rings. The maximum absolute atomic E-state index is 12.6. The van der Waals surface area contributed by atoms with Crippen LogP contribution in [0.5, 0.6) is 0 Å². The van der Waals surface area contributed by atoms with E-state index in [9.17, 15) is 4.39 Å². The third-order valence-electron chi connectivity index (χ3n) is 2.96. The smallest absolute Gasteiger partial charge is 0.159 e. The van der Waals surface area contributed by atoms with Crippen LogP contribution in [-0.2, 0) is 12.1 Å². The van der Waals surface area contributed by atoms with E-state index in [2.05, 4.69) is 35.9 Å². The molecule has 1 aromatic carbocycles. The minimum absolute atomic E-state index is 0.242. The van der Waals surface area contributed by atoms with Crippen LogP contribution in [0, 0.1) is 0 Å². The van der Waals surface area contributed by atoms with E-state index in [4.69, 9.17) is 0 Å². The van der Waals surface area contributed by atoms with Gasteiger partial charge in [-0.3, -0.25) is 0 Å². The molecule has 0 fully saturated rings. The monoisotopic (exact) mass is 230 g/mol. The molecule has 0 atom stereocenters. The molecule has 1 aromatic heterocycles. The van der Waals surface area contributed by atoms with E-state index in [1.807, 2.05) is 24.3 Å². The number of aromatic nitrogens is 2. The summed E-state index contributed by atoms with van der Waals surface area (Å²) in [5, 5.41) is 0. The first-order chi connectivity index (χ1) is 8.14. The van der Waals surface area contributed by atoms with Crippen molar-refractivity contribution in [3.63, 3.8) is 0 Å². The Morgan fingerprint density at radius 3 is 2.47 bits per heavy atom. The van der Waals surface area contributed by atoms with Crippen molar-refractivity contribution in [1.82, 2.24) is 9.97 Å². The molecule has 0 saturated heterocycles. The number of alkyl halides is 1. The van der Waals surface area contributed by atoms with Gasteiger partial charge in [0.1, 0.15) is 6.67 Å². The first-order valence-electron chi connectivity index (χ1n) is 5.58. The number of hydrogen-bond donors (Lipinski definition) is 0. The lowest BCUT2D eigenvalue weighted by molar-refractivity contribution is 0.460. The van der Waals surface area contributed by atoms with Crippen LogP contribution in [0.4, 0.5) is 4.39 Å². The lowest BCUT2D eigenvalue weighted by Gasteiger charge is -2.24. The van der Waals surface area contributed by atoms with Crippen LogP contribution in [0.25, 0.3) is 0 Å². The summed E-state index contributed by atoms with van der Waals surface area (Å²) in [7, 11) is 0. The quantitative estimate of drug-likeness (QED) is 0.808. The predicted molar refractivity (Wildman–Crippen MR) is 65.4 cm³/mol. The van der Waals surface area contributed by atoms with Crippen molar-refractivity contribution < 1.29 is 4.39 Å². The van der Waals surface area contributed by atoms with Gasteiger partial charge in [-0.15, -0.1) is 0 Å². The van der Waals surface area contributed by atoms with Crippen molar-refractivity contribution in [2.75, 3.05) is 0 Å². The fraction of sp³-hybridized carbons (Fsp3) is 0.286. The molecule has 0 aliphatic carbocycles. The topological polar surface area (TPSA) is 25.8 Å². The Morgan fingerprint density at radius 1 is 1.12 bits per heavy atom. The van der Waals surface area contributed by atoms with E-state index >= 15 is 0 Å². The summed E-state index contributed by atoms with van der Waals surface area (Å²) in [6.45, 7) is 3.53. The fourth-order valence-corrected chi connectivity index (χ4v) is 1.81. The van der Waals surface area contributed by atoms with Crippen molar-refractivity contribution >= 4 is 0 Å². The standard InChI is InChI=1S/C14H15FN2/c1-14(2,11-6-4-3-5-7-11)12-8-9-16-13(10-15)17-12/h3-9H,10H2,1-2H3. The molecule has 0 radical (unpaired) electrons. The summed E-state index contributed by atoms with van der Waals surface area (Å²) < 4.78 is 12.6. The molecular weight excluding hydrogens is 215 g/mol. The van der Waals surface area contributed by atoms with Gasteiger partial charge in [-0.2, -0.15) is 0 Å². The molecule has 2 nitrogen and oxygen atoms in total. The second kappa shape index (κ2) is 4.62. The third kappa shape index (κ3) is 2.33. The van der Waals surface area contributed by atoms with Gasteiger partial charge in [-0.05, 0) is 11.6 Å². The van der Waals surface area contributed by atoms with Crippen LogP contribution in [0.3, 0.4) is 0 Å². The minimum Gasteiger partial charge on any atom is -0.242 e. The number of halogens is 1. The zero-order valence-electron chi connectivity index (χ0n) is 10.0. The van der Waals surface area contributed by atoms with Crippen molar-refractivity contribution in [3.05, 3.63) is 59.7 Å². The molecule has 3 heteroatoms. The lowest BCUT2D eigenvalue weighted by atomic mass is 9.81. The molecule has 0 aliphatic heterocycles. The Morgan fingerprint density at radius 2 is 1.82 bits per heavy atom. The van der Waals surface area contributed by atoms with Crippen molar-refractivity contribution in [2.45, 2.75) is 25.9 Å². The van der Waals surface area contributed by atoms with Crippen LogP contribution in [-0.4, -0.2) is 9.97 Å². The molecule has 2 rings (SSSR count). The summed E-state index contributed by atoms with van der Waals surface area (Å²) in [5.41, 5.74) is 1.75. The number of hydrogen-bond acceptors (Lipinski definition) is 2. The highest BCUT2D eigenvalue weighted by atomic mass is 19.1. The molecule has 17 heavy (non-hydrogen) atoms. The van der Waals surface area contributed by atoms with Crippen molar-refractivity contribution in [2.24, 2.45) is 0 Å². The first-order valence-corrected chi connectivity index (χ1v) is 5.58. The van der Waals surface area contributed by atoms with E-state index < -0.39 is 6.67 Å². The highest BCUT2D eigenvalue weighted by Gasteiger charge is 2.24. The predicted octanol–water partition coefficient (Wildman–Crippen LogP) is 3.27. The molecule has 0 unspecified atom stereocenters. The van der Waals surface area contributed by atoms with Gasteiger partial charge in [0.2, 0.25) is 0 Å². The molecule has 1 heterocycles. The summed E-state index contributed by atoms with van der Waals surface area (Å²) >= 11 is 0. The van der Waals surface area contributed by atoms with E-state index in [0.717, 1.165) is 11.3 Å². The van der Waals surface area contributed by atoms with Gasteiger partial charge in [0, 0.05) is 11.6 Å². The zero-order chi connectivity index (χ0) is 12.3. The molecule has 0 amide bonds. The minimum atomic E-state index is -0.626. The van der Waals surface area contributed by atoms with E-state index in [1.54, 1.807) is 6.20 Å². The maximum atomic E-state index is 12.6. The summed E-state index contributed by atoms with van der Waals surface area (Å²) in [4.78, 5) is 8.13. The van der Waals surface area contributed by atoms with E-state index in [0.29, 0.717) is 0 Å². The normalized spacial score (nSPS) is 11.5. The largest absolute Gasteiger partial charge is 0.242 e. The van der Waals surface area contributed by atoms with E-state index in [1.165, 1.54) is 0 Å². The Labute approximate surface area is 101 Å². The fourth-order valence-electron chi connectivity index (χ4n) is 1.81. The van der Waals surface area contributed by atoms with Gasteiger partial charge in [-0.25, -0.2) is 14.4 Å². The summed E-state index contributed by atoms with van der Waals surface area (Å²) in [6.07, 6.45) is 1.61. The highest BCUT2D eigenvalue weighted by molar-refractivity contribution is 5.33. The second-order valence-corrected chi connectivity index (χ2v) is 4.48. The third-order valence-corrected chi connectivity index (χ3v) is 2.96. The van der Waals surface area contributed by atoms with Gasteiger partial charge < -0.3 is 0 Å². The van der Waals surface area contributed by atoms with E-state index in [-0.39, 0.29) is 11.2 Å². The SMILES string of the molecule is CC(C)(c1ccccc1)c1ccnc(CF)n1. The van der Waals surface area contributed by atoms with Crippen LogP contribution in [0.1, 0.15) is 30.9 Å². The van der Waals surface area contributed by atoms with Crippen molar-refractivity contribution in [1.29, 1.82) is 0 Å². The zero-order valence-corrected chi connectivity index (χ0v) is 10.0. The Bertz CT molecular complexity index is 495. The Balaban J connectivity index is 2.44. The number of rotatable bonds is 3. The average Bonchev–Trinajstić information content (AvgIpc) is 2.40. The molecule has 0 N–H and O–H groups in total. The van der Waals surface area contributed by atoms with Crippen molar-refractivity contribution in [3.8, 4) is 0 Å². The number of benzene rings is 1. The average molecular weight is 230 g/mol. The van der Waals surface area contributed by atoms with Crippen LogP contribution in [0.15, 0.2) is 42.6 Å². The number of nitrogens with zero attached hydrogens (tertiary/aromatic N) is 2. The van der Waals surface area contributed by atoms with Gasteiger partial charge in [0.05, 0.1) is 5.69 Å². The Hall–Kier alpha value is -1.77. The first kappa shape index (κ1) is 11.7. The molecule has 0 saturated carbocycles. The second-order valence-electron chi connectivity index (χ2n) is 4.48. The molecule has 0 spiro atoms. The molecule has 88 valence electrons. The highest BCUT2D eigenvalue weighted by Crippen LogP contribution is 2.29. The summed E-state index contributed by atoms with van der Waals surface area (Å²) in [6, 6.07) is 11.9. The van der Waals surface area contributed by atoms with Crippen LogP contribution >= 0.6 is 0 Å². The maximum Gasteiger partial charge on any atom is 0.159 e. The summed E-state index contributed by atoms with van der Waals surface area (Å²) in [5.74, 6) is 0.242.